The molecule has 0 spiro atoms. The SMILES string of the molecule is COc1cc(Cn2ncc3c(-c4cccc(-c5cc(F)c(CNC[C@@H]6CCC(=O)N6)c(OC)c5)c4Cl)cccc32)c(Cl)cc1CN(C)CC1CCC(CC(=O)O)CC1. The molecule has 1 saturated heterocycles. The van der Waals surface area contributed by atoms with Gasteiger partial charge in [-0.05, 0) is 98.0 Å². The predicted octanol–water partition coefficient (Wildman–Crippen LogP) is 8.96. The number of carbonyl (C=O) groups is 2. The van der Waals surface area contributed by atoms with Crippen molar-refractivity contribution in [3.8, 4) is 33.8 Å². The number of benzene rings is 4. The van der Waals surface area contributed by atoms with Gasteiger partial charge < -0.3 is 30.1 Å². The summed E-state index contributed by atoms with van der Waals surface area (Å²) in [5.41, 5.74) is 6.12. The van der Waals surface area contributed by atoms with Crippen molar-refractivity contribution >= 4 is 46.0 Å². The molecule has 2 aliphatic rings. The van der Waals surface area contributed by atoms with E-state index >= 15 is 4.39 Å². The van der Waals surface area contributed by atoms with E-state index in [1.165, 1.54) is 13.2 Å². The molecule has 58 heavy (non-hydrogen) atoms. The maximum atomic E-state index is 15.7. The van der Waals surface area contributed by atoms with Gasteiger partial charge >= 0.3 is 5.97 Å². The Morgan fingerprint density at radius 1 is 0.966 bits per heavy atom. The second-order valence-electron chi connectivity index (χ2n) is 15.7. The van der Waals surface area contributed by atoms with Gasteiger partial charge in [-0.3, -0.25) is 14.3 Å². The highest BCUT2D eigenvalue weighted by molar-refractivity contribution is 6.36. The van der Waals surface area contributed by atoms with E-state index < -0.39 is 11.8 Å². The van der Waals surface area contributed by atoms with E-state index in [2.05, 4.69) is 22.6 Å². The number of hydrogen-bond acceptors (Lipinski definition) is 7. The van der Waals surface area contributed by atoms with Crippen LogP contribution in [0.25, 0.3) is 33.2 Å². The molecule has 5 aromatic rings. The number of rotatable bonds is 16. The molecule has 0 radical (unpaired) electrons. The topological polar surface area (TPSA) is 118 Å². The van der Waals surface area contributed by atoms with Gasteiger partial charge in [0.15, 0.2) is 0 Å². The maximum absolute atomic E-state index is 15.7. The molecule has 13 heteroatoms. The van der Waals surface area contributed by atoms with Crippen LogP contribution in [0.4, 0.5) is 4.39 Å². The van der Waals surface area contributed by atoms with E-state index in [0.717, 1.165) is 77.6 Å². The number of methoxy groups -OCH3 is 2. The van der Waals surface area contributed by atoms with Crippen molar-refractivity contribution in [2.45, 2.75) is 70.6 Å². The summed E-state index contributed by atoms with van der Waals surface area (Å²) in [6, 6.07) is 19.0. The van der Waals surface area contributed by atoms with Gasteiger partial charge in [-0.15, -0.1) is 0 Å². The molecule has 4 aromatic carbocycles. The summed E-state index contributed by atoms with van der Waals surface area (Å²) in [7, 11) is 5.30. The van der Waals surface area contributed by atoms with Crippen LogP contribution in [0, 0.1) is 17.7 Å². The van der Waals surface area contributed by atoms with E-state index in [4.69, 9.17) is 42.9 Å². The Morgan fingerprint density at radius 3 is 2.41 bits per heavy atom. The van der Waals surface area contributed by atoms with Gasteiger partial charge in [0, 0.05) is 77.7 Å². The number of halogens is 3. The lowest BCUT2D eigenvalue weighted by Gasteiger charge is -2.31. The molecule has 1 atom stereocenters. The van der Waals surface area contributed by atoms with Gasteiger partial charge in [-0.25, -0.2) is 4.39 Å². The Balaban J connectivity index is 1.07. The van der Waals surface area contributed by atoms with Gasteiger partial charge in [-0.2, -0.15) is 5.10 Å². The van der Waals surface area contributed by atoms with Gasteiger partial charge in [0.1, 0.15) is 17.3 Å². The molecule has 1 saturated carbocycles. The lowest BCUT2D eigenvalue weighted by atomic mass is 9.80. The third-order valence-electron chi connectivity index (χ3n) is 11.6. The third-order valence-corrected chi connectivity index (χ3v) is 12.4. The lowest BCUT2D eigenvalue weighted by molar-refractivity contribution is -0.138. The number of carbonyl (C=O) groups excluding carboxylic acids is 1. The van der Waals surface area contributed by atoms with Crippen LogP contribution in [-0.2, 0) is 29.2 Å². The summed E-state index contributed by atoms with van der Waals surface area (Å²) in [6.45, 7) is 2.81. The maximum Gasteiger partial charge on any atom is 0.303 e. The van der Waals surface area contributed by atoms with E-state index in [9.17, 15) is 9.59 Å². The molecular formula is C45H50Cl2FN5O5. The van der Waals surface area contributed by atoms with Crippen molar-refractivity contribution in [3.63, 3.8) is 0 Å². The van der Waals surface area contributed by atoms with Crippen LogP contribution in [0.15, 0.2) is 66.9 Å². The molecule has 0 unspecified atom stereocenters. The molecule has 7 rings (SSSR count). The molecule has 1 aliphatic heterocycles. The number of fused-ring (bicyclic) bond motifs is 1. The Hall–Kier alpha value is -4.68. The molecule has 1 amide bonds. The summed E-state index contributed by atoms with van der Waals surface area (Å²) < 4.78 is 29.1. The standard InChI is InChI=1S/C45H50Cl2FN5O5/c1-52(24-28-12-10-27(11-13-28)16-44(55)56)25-31-17-38(46)30(20-41(31)57-2)26-53-40-9-5-7-34(36(40)23-50-53)35-8-4-6-33(45(35)47)29-18-39(48)37(42(19-29)58-3)22-49-21-32-14-15-43(54)51-32/h4-9,17-20,23,27-28,32,49H,10-16,21-22,24-26H2,1-3H3,(H,51,54)(H,55,56)/t27?,28?,32-/m0/s1. The highest BCUT2D eigenvalue weighted by Gasteiger charge is 2.25. The lowest BCUT2D eigenvalue weighted by Crippen LogP contribution is -2.35. The fourth-order valence-corrected chi connectivity index (χ4v) is 9.23. The Kier molecular flexibility index (Phi) is 13.2. The van der Waals surface area contributed by atoms with Gasteiger partial charge in [0.25, 0.3) is 0 Å². The first-order valence-corrected chi connectivity index (χ1v) is 20.6. The van der Waals surface area contributed by atoms with Crippen molar-refractivity contribution in [3.05, 3.63) is 99.4 Å². The molecule has 10 nitrogen and oxygen atoms in total. The summed E-state index contributed by atoms with van der Waals surface area (Å²) in [5, 5.41) is 22.1. The average molecular weight is 831 g/mol. The molecular weight excluding hydrogens is 780 g/mol. The zero-order valence-corrected chi connectivity index (χ0v) is 34.6. The van der Waals surface area contributed by atoms with Crippen molar-refractivity contribution in [1.29, 1.82) is 0 Å². The van der Waals surface area contributed by atoms with Crippen LogP contribution in [-0.4, -0.2) is 72.1 Å². The summed E-state index contributed by atoms with van der Waals surface area (Å²) >= 11 is 14.1. The highest BCUT2D eigenvalue weighted by atomic mass is 35.5. The van der Waals surface area contributed by atoms with Crippen LogP contribution in [0.2, 0.25) is 10.0 Å². The van der Waals surface area contributed by atoms with E-state index in [0.29, 0.717) is 64.5 Å². The number of nitrogens with zero attached hydrogens (tertiary/aromatic N) is 3. The van der Waals surface area contributed by atoms with E-state index in [-0.39, 0.29) is 30.8 Å². The number of carboxylic acids is 1. The number of carboxylic acid groups (broad SMARTS) is 1. The minimum Gasteiger partial charge on any atom is -0.496 e. The van der Waals surface area contributed by atoms with Crippen molar-refractivity contribution in [2.24, 2.45) is 11.8 Å². The molecule has 1 aliphatic carbocycles. The zero-order chi connectivity index (χ0) is 40.9. The molecule has 2 heterocycles. The van der Waals surface area contributed by atoms with E-state index in [1.54, 1.807) is 13.2 Å². The van der Waals surface area contributed by atoms with Gasteiger partial charge in [-0.1, -0.05) is 53.5 Å². The molecule has 3 N–H and O–H groups in total. The number of aliphatic carboxylic acids is 1. The average Bonchev–Trinajstić information content (AvgIpc) is 3.82. The monoisotopic (exact) mass is 829 g/mol. The summed E-state index contributed by atoms with van der Waals surface area (Å²) in [6.07, 6.45) is 7.39. The number of hydrogen-bond donors (Lipinski definition) is 3. The summed E-state index contributed by atoms with van der Waals surface area (Å²) in [5.74, 6) is 0.917. The zero-order valence-electron chi connectivity index (χ0n) is 33.1. The largest absolute Gasteiger partial charge is 0.496 e. The van der Waals surface area contributed by atoms with Crippen LogP contribution in [0.1, 0.15) is 61.6 Å². The second-order valence-corrected chi connectivity index (χ2v) is 16.5. The molecule has 0 bridgehead atoms. The van der Waals surface area contributed by atoms with E-state index in [1.807, 2.05) is 59.4 Å². The quantitative estimate of drug-likeness (QED) is 0.0903. The Bertz CT molecular complexity index is 2290. The number of nitrogens with one attached hydrogen (secondary N) is 2. The van der Waals surface area contributed by atoms with Crippen molar-refractivity contribution in [2.75, 3.05) is 34.4 Å². The van der Waals surface area contributed by atoms with Crippen molar-refractivity contribution in [1.82, 2.24) is 25.3 Å². The summed E-state index contributed by atoms with van der Waals surface area (Å²) in [4.78, 5) is 25.0. The normalized spacial score (nSPS) is 18.2. The predicted molar refractivity (Wildman–Crippen MR) is 226 cm³/mol. The highest BCUT2D eigenvalue weighted by Crippen LogP contribution is 2.41. The Morgan fingerprint density at radius 2 is 1.69 bits per heavy atom. The first-order chi connectivity index (χ1) is 28.0. The van der Waals surface area contributed by atoms with Crippen LogP contribution >= 0.6 is 23.2 Å². The molecule has 2 fully saturated rings. The van der Waals surface area contributed by atoms with Gasteiger partial charge in [0.2, 0.25) is 5.91 Å². The molecule has 1 aromatic heterocycles. The molecule has 306 valence electrons. The Labute approximate surface area is 348 Å². The fraction of sp³-hybridized carbons (Fsp3) is 0.400. The number of amides is 1. The third kappa shape index (κ3) is 9.44. The van der Waals surface area contributed by atoms with Crippen LogP contribution < -0.4 is 20.1 Å². The smallest absolute Gasteiger partial charge is 0.303 e. The first-order valence-electron chi connectivity index (χ1n) is 19.9. The minimum atomic E-state index is -0.705. The minimum absolute atomic E-state index is 0.0340. The van der Waals surface area contributed by atoms with Crippen LogP contribution in [0.5, 0.6) is 11.5 Å². The number of ether oxygens (including phenoxy) is 2. The number of aromatic nitrogens is 2. The van der Waals surface area contributed by atoms with Gasteiger partial charge in [0.05, 0.1) is 37.5 Å². The fourth-order valence-electron chi connectivity index (χ4n) is 8.64. The first kappa shape index (κ1) is 41.5. The van der Waals surface area contributed by atoms with Crippen molar-refractivity contribution < 1.29 is 28.6 Å². The van der Waals surface area contributed by atoms with Crippen LogP contribution in [0.3, 0.4) is 0 Å². The second kappa shape index (κ2) is 18.5.